The van der Waals surface area contributed by atoms with Crippen LogP contribution in [0.4, 0.5) is 39.5 Å². The molecule has 0 aromatic heterocycles. The lowest BCUT2D eigenvalue weighted by atomic mass is 9.55. The van der Waals surface area contributed by atoms with Crippen LogP contribution in [0.5, 0.6) is 5.75 Å². The Bertz CT molecular complexity index is 1020. The minimum Gasteiger partial charge on any atom is -0.494 e. The Balaban J connectivity index is 1.34. The van der Waals surface area contributed by atoms with Crippen molar-refractivity contribution < 1.29 is 53.7 Å². The molecule has 0 bridgehead atoms. The van der Waals surface area contributed by atoms with E-state index < -0.39 is 37.2 Å². The number of alkyl halides is 10. The van der Waals surface area contributed by atoms with Crippen LogP contribution in [0.3, 0.4) is 0 Å². The molecule has 0 N–H and O–H groups in total. The summed E-state index contributed by atoms with van der Waals surface area (Å²) in [5.74, 6) is 2.56. The van der Waals surface area contributed by atoms with Gasteiger partial charge < -0.3 is 14.2 Å². The van der Waals surface area contributed by atoms with Gasteiger partial charge in [-0.25, -0.2) is 0 Å². The molecule has 3 nitrogen and oxygen atoms in total. The highest BCUT2D eigenvalue weighted by Gasteiger charge is 2.85. The molecule has 3 aliphatic carbocycles. The van der Waals surface area contributed by atoms with Crippen molar-refractivity contribution >= 4 is 11.6 Å². The molecule has 0 amide bonds. The molecule has 13 heteroatoms. The fourth-order valence-electron chi connectivity index (χ4n) is 7.50. The summed E-state index contributed by atoms with van der Waals surface area (Å²) in [7, 11) is 0. The van der Waals surface area contributed by atoms with Gasteiger partial charge in [0, 0.05) is 12.5 Å². The zero-order valence-corrected chi connectivity index (χ0v) is 24.0. The van der Waals surface area contributed by atoms with Gasteiger partial charge in [-0.3, -0.25) is 0 Å². The van der Waals surface area contributed by atoms with Crippen LogP contribution in [0.25, 0.3) is 0 Å². The number of aryl methyl sites for hydroxylation is 1. The largest absolute Gasteiger partial charge is 0.494 e. The highest BCUT2D eigenvalue weighted by Crippen LogP contribution is 2.62. The van der Waals surface area contributed by atoms with Gasteiger partial charge in [-0.15, -0.1) is 11.6 Å². The van der Waals surface area contributed by atoms with Crippen LogP contribution < -0.4 is 4.74 Å². The van der Waals surface area contributed by atoms with E-state index in [-0.39, 0.29) is 18.1 Å². The van der Waals surface area contributed by atoms with Gasteiger partial charge >= 0.3 is 24.1 Å². The van der Waals surface area contributed by atoms with Crippen molar-refractivity contribution in [1.29, 1.82) is 0 Å². The summed E-state index contributed by atoms with van der Waals surface area (Å²) < 4.78 is 133. The number of hydrogen-bond acceptors (Lipinski definition) is 3. The van der Waals surface area contributed by atoms with Crippen LogP contribution in [0, 0.1) is 17.3 Å². The summed E-state index contributed by atoms with van der Waals surface area (Å²) in [6.07, 6.45) is -14.1. The molecule has 3 unspecified atom stereocenters. The lowest BCUT2D eigenvalue weighted by Crippen LogP contribution is -2.67. The molecule has 3 aliphatic rings. The van der Waals surface area contributed by atoms with E-state index in [1.54, 1.807) is 0 Å². The number of hydrogen-bond donors (Lipinski definition) is 0. The predicted molar refractivity (Wildman–Crippen MR) is 138 cm³/mol. The van der Waals surface area contributed by atoms with Crippen molar-refractivity contribution in [1.82, 2.24) is 0 Å². The van der Waals surface area contributed by atoms with Crippen LogP contribution in [0.2, 0.25) is 0 Å². The molecule has 1 aromatic rings. The molecule has 2 saturated carbocycles. The topological polar surface area (TPSA) is 27.7 Å². The second-order valence-electron chi connectivity index (χ2n) is 11.9. The molecule has 0 aliphatic heterocycles. The average Bonchev–Trinajstić information content (AvgIpc) is 3.22. The second-order valence-corrected chi connectivity index (χ2v) is 12.3. The first-order valence-corrected chi connectivity index (χ1v) is 14.9. The minimum atomic E-state index is -6.73. The third kappa shape index (κ3) is 6.23. The second kappa shape index (κ2) is 12.5. The van der Waals surface area contributed by atoms with Gasteiger partial charge in [-0.05, 0) is 104 Å². The van der Waals surface area contributed by atoms with Gasteiger partial charge in [0.05, 0.1) is 19.3 Å². The highest BCUT2D eigenvalue weighted by molar-refractivity contribution is 6.17. The van der Waals surface area contributed by atoms with Crippen LogP contribution >= 0.6 is 11.6 Å². The molecule has 2 fully saturated rings. The molecule has 0 saturated heterocycles. The smallest absolute Gasteiger partial charge is 0.435 e. The molecule has 5 atom stereocenters. The number of fused-ring (bicyclic) bond motifs is 5. The van der Waals surface area contributed by atoms with Gasteiger partial charge in [0.25, 0.3) is 0 Å². The van der Waals surface area contributed by atoms with Crippen molar-refractivity contribution in [3.63, 3.8) is 0 Å². The van der Waals surface area contributed by atoms with E-state index >= 15 is 0 Å². The van der Waals surface area contributed by atoms with E-state index in [4.69, 9.17) is 21.1 Å². The normalized spacial score (nSPS) is 28.3. The number of rotatable bonds is 11. The van der Waals surface area contributed by atoms with Gasteiger partial charge in [-0.2, -0.15) is 39.5 Å². The summed E-state index contributed by atoms with van der Waals surface area (Å²) in [4.78, 5) is 0. The Hall–Kier alpha value is -1.40. The molecular formula is C29H36ClF9O3. The van der Waals surface area contributed by atoms with E-state index in [1.807, 2.05) is 6.07 Å². The summed E-state index contributed by atoms with van der Waals surface area (Å²) in [5.41, 5.74) is -3.87. The number of halogens is 10. The van der Waals surface area contributed by atoms with Gasteiger partial charge in [-0.1, -0.05) is 13.0 Å². The van der Waals surface area contributed by atoms with Crippen LogP contribution in [-0.4, -0.2) is 55.9 Å². The summed E-state index contributed by atoms with van der Waals surface area (Å²) in [6, 6.07) is 6.27. The van der Waals surface area contributed by atoms with Crippen molar-refractivity contribution in [2.75, 3.05) is 25.7 Å². The first-order valence-electron chi connectivity index (χ1n) is 14.3. The van der Waals surface area contributed by atoms with Crippen molar-refractivity contribution in [2.24, 2.45) is 17.3 Å². The Morgan fingerprint density at radius 2 is 1.52 bits per heavy atom. The lowest BCUT2D eigenvalue weighted by molar-refractivity contribution is -0.457. The predicted octanol–water partition coefficient (Wildman–Crippen LogP) is 9.16. The highest BCUT2D eigenvalue weighted by atomic mass is 35.5. The fourth-order valence-corrected chi connectivity index (χ4v) is 7.69. The molecule has 4 rings (SSSR count). The Morgan fingerprint density at radius 1 is 0.833 bits per heavy atom. The van der Waals surface area contributed by atoms with Crippen LogP contribution in [-0.2, 0) is 15.9 Å². The Kier molecular flexibility index (Phi) is 10.00. The third-order valence-corrected chi connectivity index (χ3v) is 9.80. The molecule has 1 aromatic carbocycles. The van der Waals surface area contributed by atoms with Crippen molar-refractivity contribution in [3.05, 3.63) is 29.3 Å². The van der Waals surface area contributed by atoms with Crippen molar-refractivity contribution in [2.45, 2.75) is 101 Å². The maximum atomic E-state index is 13.1. The molecule has 0 heterocycles. The zero-order chi connectivity index (χ0) is 31.0. The summed E-state index contributed by atoms with van der Waals surface area (Å²) in [5, 5.41) is 0. The van der Waals surface area contributed by atoms with E-state index in [9.17, 15) is 39.5 Å². The standard InChI is InChI=1S/C29H36ClF9O3/c1-25-12-11-21-20-8-6-19(40-14-3-2-13-30)17-18(20)5-7-22(21)23(25)9-10-24(25)41-15-4-16-42-26(27(31,32)33,28(34,35)36)29(37,38)39/h6,8,17,21-24H,2-5,7,9-16H2,1H3/t21?,22?,23?,24-,25-/m0/s1. The van der Waals surface area contributed by atoms with E-state index in [2.05, 4.69) is 23.8 Å². The maximum Gasteiger partial charge on any atom is 0.435 e. The molecule has 240 valence electrons. The molecule has 0 radical (unpaired) electrons. The first kappa shape index (κ1) is 33.5. The molecular weight excluding hydrogens is 603 g/mol. The van der Waals surface area contributed by atoms with Gasteiger partial charge in [0.1, 0.15) is 5.75 Å². The number of benzene rings is 1. The SMILES string of the molecule is C[C@]12CCC3c4ccc(OCCCCCl)cc4CCC3C1CC[C@@H]2OCCCOC(C(F)(F)F)(C(F)(F)F)C(F)(F)F. The fraction of sp³-hybridized carbons (Fsp3) is 0.793. The average molecular weight is 639 g/mol. The maximum absolute atomic E-state index is 13.1. The van der Waals surface area contributed by atoms with Gasteiger partial charge in [0.2, 0.25) is 0 Å². The number of unbranched alkanes of at least 4 members (excludes halogenated alkanes) is 1. The first-order chi connectivity index (χ1) is 19.6. The summed E-state index contributed by atoms with van der Waals surface area (Å²) >= 11 is 5.72. The van der Waals surface area contributed by atoms with Crippen LogP contribution in [0.1, 0.15) is 75.3 Å². The quantitative estimate of drug-likeness (QED) is 0.137. The Morgan fingerprint density at radius 3 is 2.17 bits per heavy atom. The monoisotopic (exact) mass is 638 g/mol. The zero-order valence-electron chi connectivity index (χ0n) is 23.2. The van der Waals surface area contributed by atoms with E-state index in [0.29, 0.717) is 36.7 Å². The third-order valence-electron chi connectivity index (χ3n) is 9.53. The van der Waals surface area contributed by atoms with E-state index in [1.165, 1.54) is 11.1 Å². The Labute approximate surface area is 244 Å². The lowest BCUT2D eigenvalue weighted by Gasteiger charge is -2.50. The minimum absolute atomic E-state index is 0.237. The molecule has 0 spiro atoms. The van der Waals surface area contributed by atoms with Crippen LogP contribution in [0.15, 0.2) is 18.2 Å². The summed E-state index contributed by atoms with van der Waals surface area (Å²) in [6.45, 7) is 1.00. The van der Waals surface area contributed by atoms with E-state index in [0.717, 1.165) is 50.7 Å². The number of ether oxygens (including phenoxy) is 3. The molecule has 42 heavy (non-hydrogen) atoms. The van der Waals surface area contributed by atoms with Gasteiger partial charge in [0.15, 0.2) is 0 Å². The van der Waals surface area contributed by atoms with Crippen molar-refractivity contribution in [3.8, 4) is 5.75 Å².